The van der Waals surface area contributed by atoms with Crippen LogP contribution in [0.25, 0.3) is 0 Å². The molecule has 0 unspecified atom stereocenters. The van der Waals surface area contributed by atoms with Crippen molar-refractivity contribution in [2.75, 3.05) is 0 Å². The Hall–Kier alpha value is 0.737. The molecule has 0 rings (SSSR count). The van der Waals surface area contributed by atoms with E-state index in [-0.39, 0.29) is 31.2 Å². The maximum atomic E-state index is 8.88. The Morgan fingerprint density at radius 1 is 0.846 bits per heavy atom. The third kappa shape index (κ3) is 2700. The molecule has 0 atom stereocenters. The van der Waals surface area contributed by atoms with Crippen LogP contribution < -0.4 is 45.8 Å². The quantitative estimate of drug-likeness (QED) is 0.199. The molecule has 0 radical (unpaired) electrons. The summed E-state index contributed by atoms with van der Waals surface area (Å²) in [5, 5.41) is 0. The van der Waals surface area contributed by atoms with E-state index in [4.69, 9.17) is 38.5 Å². The Morgan fingerprint density at radius 3 is 0.846 bits per heavy atom. The molecule has 0 aliphatic rings. The van der Waals surface area contributed by atoms with Gasteiger partial charge in [-0.15, -0.1) is 0 Å². The molecule has 80 valence electrons. The summed E-state index contributed by atoms with van der Waals surface area (Å²) in [5.41, 5.74) is 0. The number of rotatable bonds is 0. The van der Waals surface area contributed by atoms with Gasteiger partial charge in [-0.3, -0.25) is 0 Å². The smallest absolute Gasteiger partial charge is 0.822 e. The van der Waals surface area contributed by atoms with Crippen molar-refractivity contribution >= 4 is 15.6 Å². The molecule has 0 heterocycles. The van der Waals surface area contributed by atoms with E-state index in [9.17, 15) is 0 Å². The Labute approximate surface area is 85.8 Å². The Balaban J connectivity index is -0.0000000267. The molecule has 0 saturated heterocycles. The van der Waals surface area contributed by atoms with E-state index in [0.717, 1.165) is 0 Å². The average Bonchev–Trinajstić information content (AvgIpc) is 1.12. The van der Waals surface area contributed by atoms with Crippen LogP contribution in [0.2, 0.25) is 0 Å². The summed E-state index contributed by atoms with van der Waals surface area (Å²) in [6, 6.07) is 0. The maximum Gasteiger partial charge on any atom is 1.00 e. The minimum Gasteiger partial charge on any atom is -0.822 e. The van der Waals surface area contributed by atoms with E-state index in [1.54, 1.807) is 0 Å². The Bertz CT molecular complexity index is 132. The van der Waals surface area contributed by atoms with E-state index in [1.165, 1.54) is 0 Å². The van der Waals surface area contributed by atoms with Gasteiger partial charge in [0.15, 0.2) is 0 Å². The molecule has 11 N–H and O–H groups in total. The van der Waals surface area contributed by atoms with Crippen LogP contribution in [-0.4, -0.2) is 14.7 Å². The molecule has 0 aromatic rings. The van der Waals surface area contributed by atoms with Gasteiger partial charge in [-0.25, -0.2) is 4.57 Å². The molecule has 13 heteroatoms. The molecule has 0 amide bonds. The van der Waals surface area contributed by atoms with Gasteiger partial charge in [0.25, 0.3) is 0 Å². The normalized spacial score (nSPS) is 9.08. The van der Waals surface area contributed by atoms with Crippen LogP contribution in [-0.2, 0) is 9.13 Å². The van der Waals surface area contributed by atoms with Gasteiger partial charge in [-0.2, -0.15) is 7.82 Å². The first kappa shape index (κ1) is 29.2. The molecule has 0 aliphatic carbocycles. The molecule has 13 heavy (non-hydrogen) atoms. The van der Waals surface area contributed by atoms with Crippen molar-refractivity contribution in [1.29, 1.82) is 0 Å². The topological polar surface area (TPSA) is 237 Å². The molecule has 0 saturated carbocycles. The van der Waals surface area contributed by atoms with Crippen LogP contribution in [0, 0.1) is 0 Å². The van der Waals surface area contributed by atoms with E-state index in [2.05, 4.69) is 0 Å². The van der Waals surface area contributed by atoms with Crippen molar-refractivity contribution in [1.82, 2.24) is 12.3 Å². The molecule has 0 aromatic carbocycles. The summed E-state index contributed by atoms with van der Waals surface area (Å²) in [4.78, 5) is 47.2. The van der Waals surface area contributed by atoms with Gasteiger partial charge in [0.1, 0.15) is 0 Å². The van der Waals surface area contributed by atoms with Crippen LogP contribution in [0.15, 0.2) is 0 Å². The van der Waals surface area contributed by atoms with E-state index in [0.29, 0.717) is 0 Å². The van der Waals surface area contributed by atoms with Crippen LogP contribution >= 0.6 is 15.6 Å². The third-order valence-electron chi connectivity index (χ3n) is 0. The van der Waals surface area contributed by atoms with Crippen molar-refractivity contribution in [2.24, 2.45) is 0 Å². The number of hydrogen-bond acceptors (Lipinski definition) is 5. The second kappa shape index (κ2) is 10.8. The summed E-state index contributed by atoms with van der Waals surface area (Å²) in [6.45, 7) is 0. The number of phosphoric acid groups is 2. The van der Waals surface area contributed by atoms with Crippen molar-refractivity contribution in [3.8, 4) is 0 Å². The maximum absolute atomic E-state index is 8.88. The standard InChI is InChI=1S/Li.2H3N.2H3O4P/c;;;2*1-5(2,3)4/h;2*1H3;2*(H3,1,2,3,4)/q+1;;;;/p-1. The first-order valence-corrected chi connectivity index (χ1v) is 4.54. The van der Waals surface area contributed by atoms with Crippen molar-refractivity contribution in [3.05, 3.63) is 0 Å². The molecule has 0 spiro atoms. The monoisotopic (exact) mass is 236 g/mol. The third-order valence-corrected chi connectivity index (χ3v) is 0. The summed E-state index contributed by atoms with van der Waals surface area (Å²) in [5.74, 6) is 0. The summed E-state index contributed by atoms with van der Waals surface area (Å²) < 4.78 is 17.4. The molecule has 0 aliphatic heterocycles. The van der Waals surface area contributed by atoms with Gasteiger partial charge in [-0.05, 0) is 0 Å². The molecule has 0 bridgehead atoms. The van der Waals surface area contributed by atoms with Gasteiger partial charge in [-0.1, -0.05) is 0 Å². The number of hydrogen-bond donors (Lipinski definition) is 5. The van der Waals surface area contributed by atoms with E-state index < -0.39 is 15.6 Å². The zero-order valence-corrected chi connectivity index (χ0v) is 9.07. The van der Waals surface area contributed by atoms with Crippen molar-refractivity contribution in [2.45, 2.75) is 0 Å². The fourth-order valence-corrected chi connectivity index (χ4v) is 0. The van der Waals surface area contributed by atoms with Gasteiger partial charge in [0.05, 0.1) is 0 Å². The first-order valence-electron chi connectivity index (χ1n) is 1.51. The molecule has 10 nitrogen and oxygen atoms in total. The second-order valence-corrected chi connectivity index (χ2v) is 2.88. The van der Waals surface area contributed by atoms with E-state index in [1.807, 2.05) is 0 Å². The largest absolute Gasteiger partial charge is 1.00 e. The van der Waals surface area contributed by atoms with Crippen molar-refractivity contribution in [3.63, 3.8) is 0 Å². The van der Waals surface area contributed by atoms with Gasteiger partial charge < -0.3 is 46.2 Å². The fraction of sp³-hybridized carbons (Fsp3) is 0. The zero-order valence-electron chi connectivity index (χ0n) is 7.28. The van der Waals surface area contributed by atoms with Crippen LogP contribution in [0.5, 0.6) is 0 Å². The van der Waals surface area contributed by atoms with E-state index >= 15 is 0 Å². The molecular formula is H11LiN2O8P2. The second-order valence-electron chi connectivity index (χ2n) is 0.960. The summed E-state index contributed by atoms with van der Waals surface area (Å²) in [7, 11) is -10.0. The first-order chi connectivity index (χ1) is 4.00. The molecule has 0 fully saturated rings. The molecule has 0 aromatic heterocycles. The van der Waals surface area contributed by atoms with Gasteiger partial charge >= 0.3 is 26.7 Å². The molecular weight excluding hydrogens is 225 g/mol. The predicted molar refractivity (Wildman–Crippen MR) is 33.8 cm³/mol. The Kier molecular flexibility index (Phi) is 24.3. The van der Waals surface area contributed by atoms with Crippen LogP contribution in [0.3, 0.4) is 0 Å². The van der Waals surface area contributed by atoms with Gasteiger partial charge in [0, 0.05) is 0 Å². The van der Waals surface area contributed by atoms with Crippen molar-refractivity contribution < 1.29 is 57.4 Å². The predicted octanol–water partition coefficient (Wildman–Crippen LogP) is -6.00. The van der Waals surface area contributed by atoms with Gasteiger partial charge in [0.2, 0.25) is 0 Å². The Morgan fingerprint density at radius 2 is 0.846 bits per heavy atom. The fourth-order valence-electron chi connectivity index (χ4n) is 0. The minimum atomic E-state index is -5.39. The number of quaternary nitrogens is 2. The summed E-state index contributed by atoms with van der Waals surface area (Å²) in [6.07, 6.45) is 0. The average molecular weight is 236 g/mol. The zero-order chi connectivity index (χ0) is 9.00. The van der Waals surface area contributed by atoms with Crippen LogP contribution in [0.4, 0.5) is 0 Å². The SMILES string of the molecule is O=P(O)(O)O.O=P([O-])([O-])[O-].[Li+].[NH4+].[NH4+]. The minimum absolute atomic E-state index is 0. The summed E-state index contributed by atoms with van der Waals surface area (Å²) >= 11 is 0. The van der Waals surface area contributed by atoms with Crippen LogP contribution in [0.1, 0.15) is 0 Å².